The lowest BCUT2D eigenvalue weighted by molar-refractivity contribution is -0.124. The van der Waals surface area contributed by atoms with Crippen molar-refractivity contribution in [3.8, 4) is 11.3 Å². The zero-order valence-electron chi connectivity index (χ0n) is 17.5. The van der Waals surface area contributed by atoms with E-state index >= 15 is 0 Å². The molecule has 1 amide bonds. The molecule has 0 aliphatic carbocycles. The second kappa shape index (κ2) is 8.74. The number of Topliss-reactive ketones (excluding diaryl/α,β-unsaturated/α-hetero) is 1. The maximum atomic E-state index is 13.0. The number of pyridine rings is 2. The smallest absolute Gasteiger partial charge is 0.255 e. The van der Waals surface area contributed by atoms with Gasteiger partial charge in [-0.2, -0.15) is 0 Å². The summed E-state index contributed by atoms with van der Waals surface area (Å²) in [6.07, 6.45) is 5.74. The van der Waals surface area contributed by atoms with Gasteiger partial charge in [-0.25, -0.2) is 0 Å². The van der Waals surface area contributed by atoms with Crippen LogP contribution in [0.2, 0.25) is 0 Å². The third-order valence-electron chi connectivity index (χ3n) is 5.69. The summed E-state index contributed by atoms with van der Waals surface area (Å²) >= 11 is 0. The zero-order valence-corrected chi connectivity index (χ0v) is 17.5. The molecule has 0 N–H and O–H groups in total. The fourth-order valence-corrected chi connectivity index (χ4v) is 4.17. The highest BCUT2D eigenvalue weighted by Gasteiger charge is 2.29. The van der Waals surface area contributed by atoms with E-state index in [-0.39, 0.29) is 17.6 Å². The highest BCUT2D eigenvalue weighted by atomic mass is 16.2. The van der Waals surface area contributed by atoms with Crippen LogP contribution in [-0.2, 0) is 4.79 Å². The van der Waals surface area contributed by atoms with Crippen LogP contribution in [-0.4, -0.2) is 39.6 Å². The maximum Gasteiger partial charge on any atom is 0.255 e. The summed E-state index contributed by atoms with van der Waals surface area (Å²) < 4.78 is 0. The second-order valence-corrected chi connectivity index (χ2v) is 8.47. The number of piperidine rings is 1. The van der Waals surface area contributed by atoms with Crippen molar-refractivity contribution in [3.05, 3.63) is 60.4 Å². The molecule has 3 aromatic rings. The van der Waals surface area contributed by atoms with Crippen molar-refractivity contribution < 1.29 is 9.59 Å². The van der Waals surface area contributed by atoms with Gasteiger partial charge in [-0.1, -0.05) is 38.1 Å². The molecule has 3 heterocycles. The number of ketones is 1. The molecule has 2 aromatic heterocycles. The van der Waals surface area contributed by atoms with Crippen molar-refractivity contribution in [3.63, 3.8) is 0 Å². The monoisotopic (exact) mass is 401 g/mol. The normalized spacial score (nSPS) is 16.8. The Hall–Kier alpha value is -3.08. The van der Waals surface area contributed by atoms with Gasteiger partial charge < -0.3 is 4.90 Å². The Bertz CT molecular complexity index is 1050. The molecule has 1 aliphatic heterocycles. The van der Waals surface area contributed by atoms with E-state index in [4.69, 9.17) is 0 Å². The predicted molar refractivity (Wildman–Crippen MR) is 118 cm³/mol. The van der Waals surface area contributed by atoms with Crippen LogP contribution in [0.15, 0.2) is 54.9 Å². The fourth-order valence-electron chi connectivity index (χ4n) is 4.17. The van der Waals surface area contributed by atoms with Crippen LogP contribution in [0.4, 0.5) is 0 Å². The van der Waals surface area contributed by atoms with E-state index in [0.29, 0.717) is 31.0 Å². The summed E-state index contributed by atoms with van der Waals surface area (Å²) in [5.41, 5.74) is 3.20. The number of nitrogens with zero attached hydrogens (tertiary/aromatic N) is 3. The van der Waals surface area contributed by atoms with Gasteiger partial charge in [-0.15, -0.1) is 0 Å². The average molecular weight is 402 g/mol. The number of fused-ring (bicyclic) bond motifs is 1. The van der Waals surface area contributed by atoms with Gasteiger partial charge in [0.05, 0.1) is 16.8 Å². The van der Waals surface area contributed by atoms with Gasteiger partial charge in [0, 0.05) is 48.8 Å². The molecule has 5 heteroatoms. The lowest BCUT2D eigenvalue weighted by Crippen LogP contribution is -2.42. The summed E-state index contributed by atoms with van der Waals surface area (Å²) in [7, 11) is 0. The first-order valence-corrected chi connectivity index (χ1v) is 10.6. The van der Waals surface area contributed by atoms with Gasteiger partial charge in [0.25, 0.3) is 5.91 Å². The molecular formula is C25H27N3O2. The van der Waals surface area contributed by atoms with Crippen LogP contribution in [0, 0.1) is 11.8 Å². The molecule has 1 unspecified atom stereocenters. The standard InChI is InChI=1S/C25H27N3O2/c1-17(2)14-23(29)20-8-5-13-28(16-20)25(30)19-10-11-22(27-15-19)21-9-3-6-18-7-4-12-26-24(18)21/h3-4,6-7,9-12,15,17,20H,5,8,13-14,16H2,1-2H3. The first-order chi connectivity index (χ1) is 14.5. The number of para-hydroxylation sites is 1. The number of amides is 1. The van der Waals surface area contributed by atoms with Crippen molar-refractivity contribution in [1.29, 1.82) is 0 Å². The van der Waals surface area contributed by atoms with Crippen LogP contribution in [0.5, 0.6) is 0 Å². The van der Waals surface area contributed by atoms with Gasteiger partial charge in [0.15, 0.2) is 0 Å². The van der Waals surface area contributed by atoms with Gasteiger partial charge in [-0.3, -0.25) is 19.6 Å². The number of carbonyl (C=O) groups is 2. The Kier molecular flexibility index (Phi) is 5.88. The average Bonchev–Trinajstić information content (AvgIpc) is 2.78. The largest absolute Gasteiger partial charge is 0.338 e. The van der Waals surface area contributed by atoms with Gasteiger partial charge in [0.1, 0.15) is 5.78 Å². The van der Waals surface area contributed by atoms with Gasteiger partial charge in [0.2, 0.25) is 0 Å². The fraction of sp³-hybridized carbons (Fsp3) is 0.360. The lowest BCUT2D eigenvalue weighted by Gasteiger charge is -2.32. The molecule has 4 rings (SSSR count). The van der Waals surface area contributed by atoms with E-state index in [1.165, 1.54) is 0 Å². The quantitative estimate of drug-likeness (QED) is 0.618. The highest BCUT2D eigenvalue weighted by molar-refractivity contribution is 5.96. The molecule has 0 bridgehead atoms. The number of hydrogen-bond acceptors (Lipinski definition) is 4. The molecule has 1 aliphatic rings. The molecule has 5 nitrogen and oxygen atoms in total. The Morgan fingerprint density at radius 3 is 2.70 bits per heavy atom. The van der Waals surface area contributed by atoms with Crippen LogP contribution >= 0.6 is 0 Å². The number of aromatic nitrogens is 2. The van der Waals surface area contributed by atoms with E-state index in [0.717, 1.165) is 35.0 Å². The number of benzene rings is 1. The summed E-state index contributed by atoms with van der Waals surface area (Å²) in [6, 6.07) is 13.7. The van der Waals surface area contributed by atoms with E-state index in [2.05, 4.69) is 23.8 Å². The molecule has 0 saturated carbocycles. The first kappa shape index (κ1) is 20.2. The van der Waals surface area contributed by atoms with Gasteiger partial charge in [-0.05, 0) is 37.0 Å². The lowest BCUT2D eigenvalue weighted by atomic mass is 9.89. The van der Waals surface area contributed by atoms with Gasteiger partial charge >= 0.3 is 0 Å². The van der Waals surface area contributed by atoms with Crippen molar-refractivity contribution in [2.24, 2.45) is 11.8 Å². The topological polar surface area (TPSA) is 63.2 Å². The predicted octanol–water partition coefficient (Wildman–Crippen LogP) is 4.76. The highest BCUT2D eigenvalue weighted by Crippen LogP contribution is 2.26. The van der Waals surface area contributed by atoms with Crippen LogP contribution in [0.3, 0.4) is 0 Å². The van der Waals surface area contributed by atoms with Crippen molar-refractivity contribution >= 4 is 22.6 Å². The van der Waals surface area contributed by atoms with E-state index in [1.54, 1.807) is 12.4 Å². The molecule has 0 spiro atoms. The molecule has 1 aromatic carbocycles. The number of rotatable bonds is 5. The SMILES string of the molecule is CC(C)CC(=O)C1CCCN(C(=O)c2ccc(-c3cccc4cccnc34)nc2)C1. The van der Waals surface area contributed by atoms with Crippen molar-refractivity contribution in [1.82, 2.24) is 14.9 Å². The molecule has 1 atom stereocenters. The Labute approximate surface area is 177 Å². The molecule has 1 fully saturated rings. The molecular weight excluding hydrogens is 374 g/mol. The van der Waals surface area contributed by atoms with Crippen LogP contribution < -0.4 is 0 Å². The van der Waals surface area contributed by atoms with Crippen molar-refractivity contribution in [2.45, 2.75) is 33.1 Å². The Morgan fingerprint density at radius 2 is 1.93 bits per heavy atom. The summed E-state index contributed by atoms with van der Waals surface area (Å²) in [6.45, 7) is 5.32. The Morgan fingerprint density at radius 1 is 1.10 bits per heavy atom. The number of hydrogen-bond donors (Lipinski definition) is 0. The summed E-state index contributed by atoms with van der Waals surface area (Å²) in [5, 5.41) is 1.06. The first-order valence-electron chi connectivity index (χ1n) is 10.6. The third-order valence-corrected chi connectivity index (χ3v) is 5.69. The molecule has 1 saturated heterocycles. The minimum atomic E-state index is -0.0489. The Balaban J connectivity index is 1.51. The van der Waals surface area contributed by atoms with Crippen molar-refractivity contribution in [2.75, 3.05) is 13.1 Å². The van der Waals surface area contributed by atoms with E-state index in [9.17, 15) is 9.59 Å². The maximum absolute atomic E-state index is 13.0. The van der Waals surface area contributed by atoms with E-state index < -0.39 is 0 Å². The third kappa shape index (κ3) is 4.25. The molecule has 30 heavy (non-hydrogen) atoms. The molecule has 0 radical (unpaired) electrons. The molecule has 154 valence electrons. The number of carbonyl (C=O) groups excluding carboxylic acids is 2. The zero-order chi connectivity index (χ0) is 21.1. The minimum absolute atomic E-state index is 0.0425. The summed E-state index contributed by atoms with van der Waals surface area (Å²) in [4.78, 5) is 36.3. The minimum Gasteiger partial charge on any atom is -0.338 e. The van der Waals surface area contributed by atoms with Crippen LogP contribution in [0.1, 0.15) is 43.5 Å². The summed E-state index contributed by atoms with van der Waals surface area (Å²) in [5.74, 6) is 0.537. The second-order valence-electron chi connectivity index (χ2n) is 8.47. The van der Waals surface area contributed by atoms with Crippen LogP contribution in [0.25, 0.3) is 22.2 Å². The number of likely N-dealkylation sites (tertiary alicyclic amines) is 1. The van der Waals surface area contributed by atoms with E-state index in [1.807, 2.05) is 47.4 Å².